The van der Waals surface area contributed by atoms with E-state index in [2.05, 4.69) is 10.2 Å². The van der Waals surface area contributed by atoms with Gasteiger partial charge in [-0.15, -0.1) is 0 Å². The maximum absolute atomic E-state index is 14.4. The molecule has 2 aliphatic heterocycles. The Balaban J connectivity index is 1.82. The number of rotatable bonds is 3. The zero-order valence-electron chi connectivity index (χ0n) is 11.6. The fourth-order valence-electron chi connectivity index (χ4n) is 3.35. The average molecular weight is 307 g/mol. The summed E-state index contributed by atoms with van der Waals surface area (Å²) in [6, 6.07) is 5.29. The highest BCUT2D eigenvalue weighted by Crippen LogP contribution is 2.29. The number of likely N-dealkylation sites (tertiary alicyclic amines) is 1. The number of hydrogen-bond donors (Lipinski definition) is 2. The molecule has 2 heterocycles. The minimum Gasteiger partial charge on any atom is -0.389 e. The molecular weight excluding hydrogens is 289 g/mol. The molecule has 1 amide bonds. The maximum atomic E-state index is 14.4. The number of nitrogens with zero attached hydrogens (tertiary/aromatic N) is 1. The van der Waals surface area contributed by atoms with Gasteiger partial charge in [0.2, 0.25) is 5.91 Å². The van der Waals surface area contributed by atoms with E-state index in [0.29, 0.717) is 18.7 Å². The van der Waals surface area contributed by atoms with E-state index in [1.165, 1.54) is 0 Å². The molecule has 1 aromatic carbocycles. The number of halogens is 1. The summed E-state index contributed by atoms with van der Waals surface area (Å²) in [5.41, 5.74) is 6.42. The van der Waals surface area contributed by atoms with Crippen molar-refractivity contribution >= 4 is 23.1 Å². The number of fused-ring (bicyclic) bond motifs is 1. The van der Waals surface area contributed by atoms with Gasteiger partial charge in [0.05, 0.1) is 5.92 Å². The van der Waals surface area contributed by atoms with E-state index in [1.54, 1.807) is 18.2 Å². The maximum Gasteiger partial charge on any atom is 0.224 e. The number of benzene rings is 1. The van der Waals surface area contributed by atoms with Crippen LogP contribution in [-0.2, 0) is 11.3 Å². The molecule has 3 rings (SSSR count). The molecule has 6 heteroatoms. The number of piperidine rings is 1. The zero-order chi connectivity index (χ0) is 15.0. The van der Waals surface area contributed by atoms with Gasteiger partial charge < -0.3 is 11.1 Å². The van der Waals surface area contributed by atoms with Crippen LogP contribution >= 0.6 is 12.2 Å². The summed E-state index contributed by atoms with van der Waals surface area (Å²) in [7, 11) is 0. The number of carbonyl (C=O) groups is 1. The first-order chi connectivity index (χ1) is 10.1. The Kier molecular flexibility index (Phi) is 3.91. The van der Waals surface area contributed by atoms with Gasteiger partial charge in [0.25, 0.3) is 0 Å². The highest BCUT2D eigenvalue weighted by molar-refractivity contribution is 7.80. The zero-order valence-corrected chi connectivity index (χ0v) is 12.5. The molecule has 2 unspecified atom stereocenters. The van der Waals surface area contributed by atoms with Crippen LogP contribution in [-0.4, -0.2) is 34.9 Å². The van der Waals surface area contributed by atoms with E-state index in [4.69, 9.17) is 18.0 Å². The third-order valence-electron chi connectivity index (χ3n) is 4.43. The van der Waals surface area contributed by atoms with Crippen LogP contribution < -0.4 is 11.1 Å². The van der Waals surface area contributed by atoms with E-state index in [0.717, 1.165) is 19.4 Å². The van der Waals surface area contributed by atoms with Crippen molar-refractivity contribution in [2.45, 2.75) is 25.4 Å². The van der Waals surface area contributed by atoms with E-state index < -0.39 is 0 Å². The number of nitrogens with one attached hydrogen (secondary N) is 1. The van der Waals surface area contributed by atoms with Gasteiger partial charge in [0.15, 0.2) is 0 Å². The molecule has 0 radical (unpaired) electrons. The van der Waals surface area contributed by atoms with Crippen LogP contribution in [0.2, 0.25) is 0 Å². The second kappa shape index (κ2) is 5.69. The van der Waals surface area contributed by atoms with Crippen LogP contribution in [0.1, 0.15) is 24.0 Å². The number of nitrogens with two attached hydrogens (primary N) is 1. The van der Waals surface area contributed by atoms with E-state index in [9.17, 15) is 9.18 Å². The van der Waals surface area contributed by atoms with Gasteiger partial charge in [-0.05, 0) is 25.5 Å². The quantitative estimate of drug-likeness (QED) is 0.823. The van der Waals surface area contributed by atoms with Crippen molar-refractivity contribution < 1.29 is 9.18 Å². The van der Waals surface area contributed by atoms with E-state index in [1.807, 2.05) is 0 Å². The summed E-state index contributed by atoms with van der Waals surface area (Å²) in [5.74, 6) is -0.174. The molecule has 0 bridgehead atoms. The predicted octanol–water partition coefficient (Wildman–Crippen LogP) is 1.17. The first-order valence-electron chi connectivity index (χ1n) is 7.17. The fourth-order valence-corrected chi connectivity index (χ4v) is 3.51. The molecule has 2 saturated heterocycles. The van der Waals surface area contributed by atoms with Gasteiger partial charge in [-0.1, -0.05) is 24.4 Å². The van der Waals surface area contributed by atoms with Gasteiger partial charge in [-0.25, -0.2) is 4.39 Å². The van der Waals surface area contributed by atoms with Crippen LogP contribution in [0.3, 0.4) is 0 Å². The SMILES string of the molecule is NC(=S)c1cccc(CN2CCCC3C(=O)NCC32)c1F. The summed E-state index contributed by atoms with van der Waals surface area (Å²) < 4.78 is 14.4. The third kappa shape index (κ3) is 2.65. The molecule has 2 atom stereocenters. The first kappa shape index (κ1) is 14.4. The molecule has 0 aromatic heterocycles. The van der Waals surface area contributed by atoms with Crippen LogP contribution in [0.15, 0.2) is 18.2 Å². The first-order valence-corrected chi connectivity index (χ1v) is 7.57. The molecule has 0 spiro atoms. The monoisotopic (exact) mass is 307 g/mol. The van der Waals surface area contributed by atoms with Crippen molar-refractivity contribution in [2.24, 2.45) is 11.7 Å². The van der Waals surface area contributed by atoms with Gasteiger partial charge in [0, 0.05) is 30.3 Å². The molecule has 21 heavy (non-hydrogen) atoms. The third-order valence-corrected chi connectivity index (χ3v) is 4.65. The van der Waals surface area contributed by atoms with Crippen molar-refractivity contribution in [3.05, 3.63) is 35.1 Å². The van der Waals surface area contributed by atoms with Crippen LogP contribution in [0.4, 0.5) is 4.39 Å². The summed E-state index contributed by atoms with van der Waals surface area (Å²) in [4.78, 5) is 14.0. The molecule has 0 aliphatic carbocycles. The smallest absolute Gasteiger partial charge is 0.224 e. The number of hydrogen-bond acceptors (Lipinski definition) is 3. The van der Waals surface area contributed by atoms with E-state index >= 15 is 0 Å². The summed E-state index contributed by atoms with van der Waals surface area (Å²) in [6.07, 6.45) is 1.88. The predicted molar refractivity (Wildman–Crippen MR) is 82.2 cm³/mol. The lowest BCUT2D eigenvalue weighted by atomic mass is 9.91. The van der Waals surface area contributed by atoms with Crippen molar-refractivity contribution in [3.63, 3.8) is 0 Å². The minimum absolute atomic E-state index is 0.0422. The normalized spacial score (nSPS) is 25.5. The molecule has 3 N–H and O–H groups in total. The standard InChI is InChI=1S/C15H18FN3OS/c16-13-9(3-1-4-11(13)14(17)21)8-19-6-2-5-10-12(19)7-18-15(10)20/h1,3-4,10,12H,2,5-8H2,(H2,17,21)(H,18,20). The Labute approximate surface area is 128 Å². The van der Waals surface area contributed by atoms with Gasteiger partial charge >= 0.3 is 0 Å². The van der Waals surface area contributed by atoms with Gasteiger partial charge in [0.1, 0.15) is 10.8 Å². The Morgan fingerprint density at radius 2 is 2.33 bits per heavy atom. The molecule has 4 nitrogen and oxygen atoms in total. The Hall–Kier alpha value is -1.53. The number of amides is 1. The van der Waals surface area contributed by atoms with Crippen LogP contribution in [0.25, 0.3) is 0 Å². The lowest BCUT2D eigenvalue weighted by molar-refractivity contribution is -0.124. The van der Waals surface area contributed by atoms with Crippen molar-refractivity contribution in [1.29, 1.82) is 0 Å². The molecule has 112 valence electrons. The Morgan fingerprint density at radius 3 is 3.10 bits per heavy atom. The van der Waals surface area contributed by atoms with E-state index in [-0.39, 0.29) is 34.2 Å². The summed E-state index contributed by atoms with van der Waals surface area (Å²) >= 11 is 4.87. The summed E-state index contributed by atoms with van der Waals surface area (Å²) in [5, 5.41) is 2.91. The Bertz CT molecular complexity index is 592. The molecule has 2 fully saturated rings. The van der Waals surface area contributed by atoms with Crippen molar-refractivity contribution in [1.82, 2.24) is 10.2 Å². The Morgan fingerprint density at radius 1 is 1.52 bits per heavy atom. The van der Waals surface area contributed by atoms with Crippen molar-refractivity contribution in [3.8, 4) is 0 Å². The fraction of sp³-hybridized carbons (Fsp3) is 0.467. The molecule has 0 saturated carbocycles. The lowest BCUT2D eigenvalue weighted by Gasteiger charge is -2.36. The highest BCUT2D eigenvalue weighted by Gasteiger charge is 2.40. The minimum atomic E-state index is -0.343. The van der Waals surface area contributed by atoms with Gasteiger partial charge in [-0.3, -0.25) is 9.69 Å². The number of thiocarbonyl (C=S) groups is 1. The summed E-state index contributed by atoms with van der Waals surface area (Å²) in [6.45, 7) is 2.02. The molecule has 2 aliphatic rings. The molecule has 1 aromatic rings. The van der Waals surface area contributed by atoms with Crippen molar-refractivity contribution in [2.75, 3.05) is 13.1 Å². The average Bonchev–Trinajstić information content (AvgIpc) is 2.84. The number of carbonyl (C=O) groups excluding carboxylic acids is 1. The largest absolute Gasteiger partial charge is 0.389 e. The van der Waals surface area contributed by atoms with Gasteiger partial charge in [-0.2, -0.15) is 0 Å². The molecular formula is C15H18FN3OS. The second-order valence-electron chi connectivity index (χ2n) is 5.67. The van der Waals surface area contributed by atoms with Crippen LogP contribution in [0.5, 0.6) is 0 Å². The second-order valence-corrected chi connectivity index (χ2v) is 6.11. The highest BCUT2D eigenvalue weighted by atomic mass is 32.1. The van der Waals surface area contributed by atoms with Crippen LogP contribution in [0, 0.1) is 11.7 Å². The lowest BCUT2D eigenvalue weighted by Crippen LogP contribution is -2.45. The topological polar surface area (TPSA) is 58.4 Å².